The van der Waals surface area contributed by atoms with Crippen molar-refractivity contribution in [3.8, 4) is 5.75 Å². The first-order chi connectivity index (χ1) is 11.4. The lowest BCUT2D eigenvalue weighted by molar-refractivity contribution is -0.125. The summed E-state index contributed by atoms with van der Waals surface area (Å²) >= 11 is 0. The second-order valence-electron chi connectivity index (χ2n) is 6.27. The third-order valence-electron chi connectivity index (χ3n) is 4.44. The fourth-order valence-corrected chi connectivity index (χ4v) is 3.31. The number of nitrogens with zero attached hydrogens (tertiary/aromatic N) is 1. The average molecular weight is 344 g/mol. The zero-order chi connectivity index (χ0) is 17.7. The molecule has 0 saturated heterocycles. The quantitative estimate of drug-likeness (QED) is 0.807. The Morgan fingerprint density at radius 3 is 2.67 bits per heavy atom. The van der Waals surface area contributed by atoms with Gasteiger partial charge in [-0.1, -0.05) is 13.0 Å². The molecule has 1 heterocycles. The first kappa shape index (κ1) is 19.1. The normalized spacial score (nSPS) is 18.5. The summed E-state index contributed by atoms with van der Waals surface area (Å²) < 4.78 is 42.7. The Hall–Kier alpha value is -1.27. The Morgan fingerprint density at radius 1 is 1.29 bits per heavy atom. The van der Waals surface area contributed by atoms with Crippen LogP contribution in [0.5, 0.6) is 5.75 Å². The van der Waals surface area contributed by atoms with Crippen LogP contribution in [0, 0.1) is 0 Å². The smallest absolute Gasteiger partial charge is 0.401 e. The number of hydrogen-bond donors (Lipinski definition) is 1. The molecule has 0 radical (unpaired) electrons. The van der Waals surface area contributed by atoms with Gasteiger partial charge in [0.05, 0.1) is 13.2 Å². The second kappa shape index (κ2) is 8.21. The summed E-state index contributed by atoms with van der Waals surface area (Å²) in [7, 11) is 0. The van der Waals surface area contributed by atoms with E-state index in [1.54, 1.807) is 0 Å². The Labute approximate surface area is 142 Å². The first-order valence-electron chi connectivity index (χ1n) is 8.65. The van der Waals surface area contributed by atoms with Gasteiger partial charge in [-0.05, 0) is 50.4 Å². The van der Waals surface area contributed by atoms with E-state index in [1.165, 1.54) is 11.1 Å². The molecule has 0 saturated carbocycles. The molecule has 1 atom stereocenters. The molecule has 0 bridgehead atoms. The lowest BCUT2D eigenvalue weighted by Gasteiger charge is -2.35. The molecule has 1 aliphatic heterocycles. The minimum Gasteiger partial charge on any atom is -0.494 e. The Balaban J connectivity index is 2.20. The van der Waals surface area contributed by atoms with E-state index in [1.807, 2.05) is 19.1 Å². The molecule has 0 aromatic heterocycles. The van der Waals surface area contributed by atoms with Gasteiger partial charge < -0.3 is 10.1 Å². The Bertz CT molecular complexity index is 546. The predicted molar refractivity (Wildman–Crippen MR) is 89.4 cm³/mol. The van der Waals surface area contributed by atoms with Crippen LogP contribution in [0.25, 0.3) is 0 Å². The van der Waals surface area contributed by atoms with Crippen LogP contribution in [0.1, 0.15) is 49.9 Å². The van der Waals surface area contributed by atoms with Gasteiger partial charge in [-0.15, -0.1) is 0 Å². The van der Waals surface area contributed by atoms with E-state index in [9.17, 15) is 13.2 Å². The summed E-state index contributed by atoms with van der Waals surface area (Å²) in [6.07, 6.45) is -2.16. The summed E-state index contributed by atoms with van der Waals surface area (Å²) in [5.74, 6) is 0.691. The lowest BCUT2D eigenvalue weighted by Crippen LogP contribution is -2.34. The number of benzene rings is 1. The van der Waals surface area contributed by atoms with Crippen LogP contribution in [-0.2, 0) is 13.0 Å². The van der Waals surface area contributed by atoms with Crippen LogP contribution < -0.4 is 10.1 Å². The molecule has 0 aliphatic carbocycles. The van der Waals surface area contributed by atoms with Crippen molar-refractivity contribution in [3.05, 3.63) is 28.8 Å². The van der Waals surface area contributed by atoms with Crippen LogP contribution in [-0.4, -0.2) is 37.3 Å². The zero-order valence-electron chi connectivity index (χ0n) is 14.7. The molecule has 1 aromatic carbocycles. The number of ether oxygens (including phenoxy) is 1. The van der Waals surface area contributed by atoms with Crippen molar-refractivity contribution >= 4 is 0 Å². The molecule has 6 heteroatoms. The number of fused-ring (bicyclic) bond motifs is 1. The van der Waals surface area contributed by atoms with Gasteiger partial charge >= 0.3 is 6.18 Å². The predicted octanol–water partition coefficient (Wildman–Crippen LogP) is 4.07. The maximum atomic E-state index is 12.3. The standard InChI is InChI=1S/C18H27F3N2O/c1-4-7-23-8-6-14-9-15(11-22-12-18(19,20)21)17(24-5-2)10-16(14)13(23)3/h9-10,13,22H,4-8,11-12H2,1-3H3. The first-order valence-corrected chi connectivity index (χ1v) is 8.65. The van der Waals surface area contributed by atoms with Crippen LogP contribution >= 0.6 is 0 Å². The number of halogens is 3. The number of alkyl halides is 3. The zero-order valence-corrected chi connectivity index (χ0v) is 14.7. The molecule has 0 spiro atoms. The molecule has 1 unspecified atom stereocenters. The topological polar surface area (TPSA) is 24.5 Å². The van der Waals surface area contributed by atoms with E-state index < -0.39 is 12.7 Å². The van der Waals surface area contributed by atoms with Gasteiger partial charge in [0.15, 0.2) is 0 Å². The molecule has 0 amide bonds. The molecule has 2 rings (SSSR count). The summed E-state index contributed by atoms with van der Waals surface area (Å²) in [5, 5.41) is 2.47. The van der Waals surface area contributed by atoms with Crippen molar-refractivity contribution < 1.29 is 17.9 Å². The maximum absolute atomic E-state index is 12.3. The second-order valence-corrected chi connectivity index (χ2v) is 6.27. The van der Waals surface area contributed by atoms with Crippen LogP contribution in [0.2, 0.25) is 0 Å². The number of nitrogens with one attached hydrogen (secondary N) is 1. The molecule has 1 N–H and O–H groups in total. The summed E-state index contributed by atoms with van der Waals surface area (Å²) in [6, 6.07) is 4.35. The van der Waals surface area contributed by atoms with Gasteiger partial charge in [0.2, 0.25) is 0 Å². The molecular formula is C18H27F3N2O. The minimum absolute atomic E-state index is 0.162. The van der Waals surface area contributed by atoms with E-state index in [0.29, 0.717) is 18.4 Å². The monoisotopic (exact) mass is 344 g/mol. The van der Waals surface area contributed by atoms with Crippen molar-refractivity contribution in [3.63, 3.8) is 0 Å². The van der Waals surface area contributed by atoms with Gasteiger partial charge in [0, 0.05) is 24.7 Å². The van der Waals surface area contributed by atoms with Gasteiger partial charge in [-0.2, -0.15) is 13.2 Å². The Kier molecular flexibility index (Phi) is 6.52. The molecule has 1 aromatic rings. The van der Waals surface area contributed by atoms with Gasteiger partial charge in [0.1, 0.15) is 5.75 Å². The van der Waals surface area contributed by atoms with E-state index >= 15 is 0 Å². The van der Waals surface area contributed by atoms with Gasteiger partial charge in [0.25, 0.3) is 0 Å². The van der Waals surface area contributed by atoms with E-state index in [0.717, 1.165) is 31.5 Å². The highest BCUT2D eigenvalue weighted by molar-refractivity contribution is 5.45. The van der Waals surface area contributed by atoms with E-state index in [4.69, 9.17) is 4.74 Å². The van der Waals surface area contributed by atoms with Crippen LogP contribution in [0.3, 0.4) is 0 Å². The SMILES string of the molecule is CCCN1CCc2cc(CNCC(F)(F)F)c(OCC)cc2C1C. The highest BCUT2D eigenvalue weighted by Gasteiger charge is 2.27. The van der Waals surface area contributed by atoms with Gasteiger partial charge in [-0.3, -0.25) is 4.90 Å². The number of hydrogen-bond acceptors (Lipinski definition) is 3. The van der Waals surface area contributed by atoms with Crippen molar-refractivity contribution in [1.82, 2.24) is 10.2 Å². The van der Waals surface area contributed by atoms with Crippen LogP contribution in [0.15, 0.2) is 12.1 Å². The third kappa shape index (κ3) is 4.86. The van der Waals surface area contributed by atoms with Crippen LogP contribution in [0.4, 0.5) is 13.2 Å². The Morgan fingerprint density at radius 2 is 2.04 bits per heavy atom. The molecule has 3 nitrogen and oxygen atoms in total. The molecule has 24 heavy (non-hydrogen) atoms. The summed E-state index contributed by atoms with van der Waals surface area (Å²) in [4.78, 5) is 2.44. The summed E-state index contributed by atoms with van der Waals surface area (Å²) in [5.41, 5.74) is 3.26. The average Bonchev–Trinajstić information content (AvgIpc) is 2.50. The highest BCUT2D eigenvalue weighted by atomic mass is 19.4. The molecular weight excluding hydrogens is 317 g/mol. The molecule has 136 valence electrons. The fourth-order valence-electron chi connectivity index (χ4n) is 3.31. The van der Waals surface area contributed by atoms with Crippen molar-refractivity contribution in [2.45, 2.75) is 52.4 Å². The minimum atomic E-state index is -4.20. The fraction of sp³-hybridized carbons (Fsp3) is 0.667. The number of rotatable bonds is 7. The van der Waals surface area contributed by atoms with Gasteiger partial charge in [-0.25, -0.2) is 0 Å². The molecule has 0 fully saturated rings. The lowest BCUT2D eigenvalue weighted by atomic mass is 9.91. The van der Waals surface area contributed by atoms with E-state index in [-0.39, 0.29) is 6.54 Å². The van der Waals surface area contributed by atoms with Crippen molar-refractivity contribution in [2.24, 2.45) is 0 Å². The van der Waals surface area contributed by atoms with E-state index in [2.05, 4.69) is 24.1 Å². The van der Waals surface area contributed by atoms with Crippen molar-refractivity contribution in [2.75, 3.05) is 26.2 Å². The maximum Gasteiger partial charge on any atom is 0.401 e. The third-order valence-corrected chi connectivity index (χ3v) is 4.44. The highest BCUT2D eigenvalue weighted by Crippen LogP contribution is 2.34. The summed E-state index contributed by atoms with van der Waals surface area (Å²) in [6.45, 7) is 7.96. The van der Waals surface area contributed by atoms with Crippen molar-refractivity contribution in [1.29, 1.82) is 0 Å². The molecule has 1 aliphatic rings. The largest absolute Gasteiger partial charge is 0.494 e.